The number of fused-ring (bicyclic) bond motifs is 1. The Bertz CT molecular complexity index is 1350. The average Bonchev–Trinajstić information content (AvgIpc) is 3.04. The van der Waals surface area contributed by atoms with Crippen LogP contribution < -0.4 is 14.9 Å². The van der Waals surface area contributed by atoms with Crippen LogP contribution in [0.3, 0.4) is 0 Å². The molecule has 1 aliphatic heterocycles. The topological polar surface area (TPSA) is 101 Å². The number of thiazole rings is 1. The van der Waals surface area contributed by atoms with E-state index in [1.807, 2.05) is 30.3 Å². The van der Waals surface area contributed by atoms with E-state index < -0.39 is 12.0 Å². The number of aromatic hydroxyl groups is 2. The van der Waals surface area contributed by atoms with Crippen molar-refractivity contribution in [1.82, 2.24) is 4.57 Å². The van der Waals surface area contributed by atoms with Crippen molar-refractivity contribution < 1.29 is 19.7 Å². The molecule has 2 heterocycles. The van der Waals surface area contributed by atoms with E-state index in [1.165, 1.54) is 35.1 Å². The van der Waals surface area contributed by atoms with Crippen LogP contribution in [0.2, 0.25) is 0 Å². The molecule has 8 heteroatoms. The van der Waals surface area contributed by atoms with Gasteiger partial charge in [-0.15, -0.1) is 0 Å². The number of phenols is 2. The fourth-order valence-electron chi connectivity index (χ4n) is 3.42. The summed E-state index contributed by atoms with van der Waals surface area (Å²) in [6.45, 7) is 1.72. The number of esters is 1. The molecule has 0 saturated carbocycles. The molecule has 0 saturated heterocycles. The minimum absolute atomic E-state index is 0.240. The van der Waals surface area contributed by atoms with Gasteiger partial charge >= 0.3 is 5.97 Å². The van der Waals surface area contributed by atoms with Gasteiger partial charge in [-0.3, -0.25) is 9.36 Å². The normalized spacial score (nSPS) is 16.2. The third-order valence-corrected chi connectivity index (χ3v) is 5.82. The maximum Gasteiger partial charge on any atom is 0.338 e. The Hall–Kier alpha value is -3.65. The summed E-state index contributed by atoms with van der Waals surface area (Å²) in [6, 6.07) is 12.9. The standard InChI is InChI=1S/C22H18N2O5S/c1-12-18(21(28)29-2)19(14-6-4-3-5-7-14)24-20(27)17(30-22(24)23-12)11-13-8-9-15(25)16(26)10-13/h3-11,19,25-26H,1-2H3. The molecule has 7 nitrogen and oxygen atoms in total. The second kappa shape index (κ2) is 7.64. The van der Waals surface area contributed by atoms with Gasteiger partial charge in [-0.2, -0.15) is 0 Å². The van der Waals surface area contributed by atoms with Gasteiger partial charge in [-0.05, 0) is 36.3 Å². The predicted octanol–water partition coefficient (Wildman–Crippen LogP) is 1.82. The summed E-state index contributed by atoms with van der Waals surface area (Å²) in [5.74, 6) is -1.05. The molecule has 30 heavy (non-hydrogen) atoms. The molecule has 0 spiro atoms. The molecule has 1 aliphatic rings. The van der Waals surface area contributed by atoms with Crippen molar-refractivity contribution in [3.63, 3.8) is 0 Å². The fourth-order valence-corrected chi connectivity index (χ4v) is 4.47. The highest BCUT2D eigenvalue weighted by Crippen LogP contribution is 2.30. The summed E-state index contributed by atoms with van der Waals surface area (Å²) in [6.07, 6.45) is 1.61. The first kappa shape index (κ1) is 19.7. The van der Waals surface area contributed by atoms with Crippen molar-refractivity contribution >= 4 is 23.4 Å². The van der Waals surface area contributed by atoms with Crippen molar-refractivity contribution in [3.8, 4) is 11.5 Å². The lowest BCUT2D eigenvalue weighted by atomic mass is 9.96. The Labute approximate surface area is 175 Å². The van der Waals surface area contributed by atoms with Crippen LogP contribution >= 0.6 is 11.3 Å². The van der Waals surface area contributed by atoms with Gasteiger partial charge in [0.2, 0.25) is 0 Å². The lowest BCUT2D eigenvalue weighted by Crippen LogP contribution is -2.39. The number of nitrogens with zero attached hydrogens (tertiary/aromatic N) is 2. The number of benzene rings is 2. The number of ether oxygens (including phenoxy) is 1. The molecule has 1 aromatic heterocycles. The molecule has 1 unspecified atom stereocenters. The number of aromatic nitrogens is 1. The molecule has 1 atom stereocenters. The third-order valence-electron chi connectivity index (χ3n) is 4.84. The van der Waals surface area contributed by atoms with Crippen LogP contribution in [0.4, 0.5) is 0 Å². The van der Waals surface area contributed by atoms with Crippen molar-refractivity contribution in [2.45, 2.75) is 13.0 Å². The smallest absolute Gasteiger partial charge is 0.338 e. The number of allylic oxidation sites excluding steroid dienone is 1. The Morgan fingerprint density at radius 3 is 2.57 bits per heavy atom. The molecule has 152 valence electrons. The van der Waals surface area contributed by atoms with Gasteiger partial charge in [0.15, 0.2) is 16.3 Å². The van der Waals surface area contributed by atoms with Gasteiger partial charge in [0.1, 0.15) is 0 Å². The second-order valence-electron chi connectivity index (χ2n) is 6.73. The fraction of sp³-hybridized carbons (Fsp3) is 0.136. The van der Waals surface area contributed by atoms with Crippen LogP contribution in [0.15, 0.2) is 69.6 Å². The van der Waals surface area contributed by atoms with E-state index in [-0.39, 0.29) is 17.1 Å². The van der Waals surface area contributed by atoms with Crippen molar-refractivity contribution in [1.29, 1.82) is 0 Å². The molecular weight excluding hydrogens is 404 g/mol. The second-order valence-corrected chi connectivity index (χ2v) is 7.74. The molecule has 0 bridgehead atoms. The van der Waals surface area contributed by atoms with E-state index in [0.717, 1.165) is 5.56 Å². The first-order valence-electron chi connectivity index (χ1n) is 9.08. The first-order valence-corrected chi connectivity index (χ1v) is 9.90. The van der Waals surface area contributed by atoms with E-state index >= 15 is 0 Å². The SMILES string of the molecule is COC(=O)C1=C(C)N=c2sc(=Cc3ccc(O)c(O)c3)c(=O)n2C1c1ccccc1. The molecule has 2 aromatic carbocycles. The number of hydrogen-bond acceptors (Lipinski definition) is 7. The van der Waals surface area contributed by atoms with Crippen LogP contribution in [0.5, 0.6) is 11.5 Å². The zero-order chi connectivity index (χ0) is 21.4. The highest BCUT2D eigenvalue weighted by Gasteiger charge is 2.32. The summed E-state index contributed by atoms with van der Waals surface area (Å²) in [7, 11) is 1.30. The van der Waals surface area contributed by atoms with Crippen LogP contribution in [0.25, 0.3) is 6.08 Å². The van der Waals surface area contributed by atoms with Gasteiger partial charge in [-0.25, -0.2) is 9.79 Å². The Balaban J connectivity index is 1.97. The lowest BCUT2D eigenvalue weighted by molar-refractivity contribution is -0.136. The number of rotatable bonds is 3. The van der Waals surface area contributed by atoms with Gasteiger partial charge in [-0.1, -0.05) is 47.7 Å². The van der Waals surface area contributed by atoms with E-state index in [1.54, 1.807) is 19.1 Å². The van der Waals surface area contributed by atoms with Crippen LogP contribution in [-0.2, 0) is 9.53 Å². The molecule has 4 rings (SSSR count). The Morgan fingerprint density at radius 2 is 1.90 bits per heavy atom. The highest BCUT2D eigenvalue weighted by molar-refractivity contribution is 7.07. The van der Waals surface area contributed by atoms with E-state index in [0.29, 0.717) is 26.2 Å². The zero-order valence-electron chi connectivity index (χ0n) is 16.2. The zero-order valence-corrected chi connectivity index (χ0v) is 17.0. The van der Waals surface area contributed by atoms with E-state index in [2.05, 4.69) is 4.99 Å². The Kier molecular flexibility index (Phi) is 5.01. The molecule has 0 fully saturated rings. The van der Waals surface area contributed by atoms with Crippen LogP contribution in [-0.4, -0.2) is 27.9 Å². The van der Waals surface area contributed by atoms with Gasteiger partial charge in [0.25, 0.3) is 5.56 Å². The number of phenolic OH excluding ortho intramolecular Hbond substituents is 2. The largest absolute Gasteiger partial charge is 0.504 e. The molecule has 0 amide bonds. The number of carbonyl (C=O) groups excluding carboxylic acids is 1. The van der Waals surface area contributed by atoms with Crippen LogP contribution in [0, 0.1) is 0 Å². The quantitative estimate of drug-likeness (QED) is 0.495. The third kappa shape index (κ3) is 3.31. The summed E-state index contributed by atoms with van der Waals surface area (Å²) in [5.41, 5.74) is 1.81. The maximum atomic E-state index is 13.3. The van der Waals surface area contributed by atoms with Gasteiger partial charge in [0, 0.05) is 0 Å². The maximum absolute atomic E-state index is 13.3. The lowest BCUT2D eigenvalue weighted by Gasteiger charge is -2.24. The van der Waals surface area contributed by atoms with E-state index in [9.17, 15) is 19.8 Å². The van der Waals surface area contributed by atoms with Crippen molar-refractivity contribution in [2.24, 2.45) is 4.99 Å². The average molecular weight is 422 g/mol. The van der Waals surface area contributed by atoms with E-state index in [4.69, 9.17) is 4.74 Å². The van der Waals surface area contributed by atoms with Gasteiger partial charge < -0.3 is 14.9 Å². The molecular formula is C22H18N2O5S. The van der Waals surface area contributed by atoms with Crippen molar-refractivity contribution in [2.75, 3.05) is 7.11 Å². The monoisotopic (exact) mass is 422 g/mol. The summed E-state index contributed by atoms with van der Waals surface area (Å²) >= 11 is 1.19. The number of hydrogen-bond donors (Lipinski definition) is 2. The first-order chi connectivity index (χ1) is 14.4. The molecule has 0 radical (unpaired) electrons. The summed E-state index contributed by atoms with van der Waals surface area (Å²) < 4.78 is 6.84. The van der Waals surface area contributed by atoms with Gasteiger partial charge in [0.05, 0.1) is 29.0 Å². The van der Waals surface area contributed by atoms with Crippen molar-refractivity contribution in [3.05, 3.63) is 90.6 Å². The summed E-state index contributed by atoms with van der Waals surface area (Å²) in [5, 5.41) is 19.2. The number of methoxy groups -OCH3 is 1. The molecule has 2 N–H and O–H groups in total. The van der Waals surface area contributed by atoms with Crippen LogP contribution in [0.1, 0.15) is 24.1 Å². The molecule has 0 aliphatic carbocycles. The predicted molar refractivity (Wildman–Crippen MR) is 112 cm³/mol. The Morgan fingerprint density at radius 1 is 1.17 bits per heavy atom. The minimum Gasteiger partial charge on any atom is -0.504 e. The number of carbonyl (C=O) groups is 1. The minimum atomic E-state index is -0.662. The summed E-state index contributed by atoms with van der Waals surface area (Å²) in [4.78, 5) is 30.8. The highest BCUT2D eigenvalue weighted by atomic mass is 32.1. The molecule has 3 aromatic rings.